The molecule has 1 aromatic carbocycles. The van der Waals surface area contributed by atoms with Crippen LogP contribution in [0.4, 0.5) is 0 Å². The largest absolute Gasteiger partial charge is 0.364 e. The topological polar surface area (TPSA) is 58.8 Å². The van der Waals surface area contributed by atoms with Crippen LogP contribution in [0.15, 0.2) is 24.3 Å². The number of terminal acetylenes is 1. The molecule has 0 aromatic heterocycles. The molecule has 2 N–H and O–H groups in total. The van der Waals surface area contributed by atoms with E-state index in [1.165, 1.54) is 11.1 Å². The van der Waals surface area contributed by atoms with Crippen LogP contribution >= 0.6 is 0 Å². The van der Waals surface area contributed by atoms with E-state index in [0.29, 0.717) is 31.7 Å². The molecule has 0 bridgehead atoms. The molecule has 4 rings (SSSR count). The van der Waals surface area contributed by atoms with Gasteiger partial charge in [0.15, 0.2) is 0 Å². The van der Waals surface area contributed by atoms with Crippen molar-refractivity contribution in [3.63, 3.8) is 0 Å². The molecule has 5 nitrogen and oxygen atoms in total. The first-order valence-electron chi connectivity index (χ1n) is 10.6. The second kappa shape index (κ2) is 8.65. The number of amides is 1. The lowest BCUT2D eigenvalue weighted by atomic mass is 9.81. The minimum Gasteiger partial charge on any atom is -0.364 e. The molecule has 0 spiro atoms. The van der Waals surface area contributed by atoms with E-state index in [1.54, 1.807) is 0 Å². The van der Waals surface area contributed by atoms with Crippen molar-refractivity contribution < 1.29 is 9.53 Å². The first kappa shape index (κ1) is 19.4. The number of carbonyl (C=O) groups excluding carboxylic acids is 1. The van der Waals surface area contributed by atoms with Gasteiger partial charge in [0.1, 0.15) is 6.61 Å². The number of hydrogen-bond acceptors (Lipinski definition) is 4. The van der Waals surface area contributed by atoms with E-state index in [-0.39, 0.29) is 18.1 Å². The minimum atomic E-state index is -0.374. The summed E-state index contributed by atoms with van der Waals surface area (Å²) in [5.41, 5.74) is 8.94. The summed E-state index contributed by atoms with van der Waals surface area (Å²) in [5.74, 6) is 2.97. The molecule has 2 heterocycles. The van der Waals surface area contributed by atoms with Gasteiger partial charge < -0.3 is 15.4 Å². The van der Waals surface area contributed by atoms with Gasteiger partial charge in [0.05, 0.1) is 12.1 Å². The maximum absolute atomic E-state index is 13.0. The summed E-state index contributed by atoms with van der Waals surface area (Å²) in [6, 6.07) is 8.50. The van der Waals surface area contributed by atoms with E-state index in [1.807, 2.05) is 17.0 Å². The molecular formula is C23H31N3O2. The van der Waals surface area contributed by atoms with Crippen LogP contribution in [0.1, 0.15) is 43.2 Å². The van der Waals surface area contributed by atoms with E-state index in [9.17, 15) is 4.79 Å². The summed E-state index contributed by atoms with van der Waals surface area (Å²) in [6.45, 7) is 3.87. The van der Waals surface area contributed by atoms with Gasteiger partial charge in [-0.3, -0.25) is 9.69 Å². The summed E-state index contributed by atoms with van der Waals surface area (Å²) in [4.78, 5) is 17.4. The maximum Gasteiger partial charge on any atom is 0.240 e. The van der Waals surface area contributed by atoms with Gasteiger partial charge in [-0.15, -0.1) is 6.42 Å². The number of benzene rings is 1. The Kier molecular flexibility index (Phi) is 6.01. The summed E-state index contributed by atoms with van der Waals surface area (Å²) < 4.78 is 5.70. The van der Waals surface area contributed by atoms with E-state index >= 15 is 0 Å². The van der Waals surface area contributed by atoms with Crippen LogP contribution in [0.2, 0.25) is 0 Å². The average molecular weight is 382 g/mol. The highest BCUT2D eigenvalue weighted by atomic mass is 16.5. The van der Waals surface area contributed by atoms with E-state index in [0.717, 1.165) is 45.2 Å². The SMILES string of the molecule is C#CCO[C@H]1CCN(C2CCC([C@H](N)C(=O)N3Cc4ccccc4C3)CC2)C1. The number of nitrogens with zero attached hydrogens (tertiary/aromatic N) is 2. The van der Waals surface area contributed by atoms with Crippen molar-refractivity contribution in [1.82, 2.24) is 9.80 Å². The third-order valence-corrected chi connectivity index (χ3v) is 6.78. The third kappa shape index (κ3) is 4.10. The molecule has 1 aliphatic carbocycles. The predicted molar refractivity (Wildman–Crippen MR) is 109 cm³/mol. The second-order valence-electron chi connectivity index (χ2n) is 8.48. The Morgan fingerprint density at radius 3 is 2.50 bits per heavy atom. The van der Waals surface area contributed by atoms with Crippen molar-refractivity contribution in [3.8, 4) is 12.3 Å². The lowest BCUT2D eigenvalue weighted by Crippen LogP contribution is -2.48. The number of rotatable bonds is 5. The van der Waals surface area contributed by atoms with Gasteiger partial charge in [0, 0.05) is 32.2 Å². The van der Waals surface area contributed by atoms with Gasteiger partial charge in [-0.1, -0.05) is 30.2 Å². The Balaban J connectivity index is 1.25. The van der Waals surface area contributed by atoms with Crippen LogP contribution in [0.3, 0.4) is 0 Å². The van der Waals surface area contributed by atoms with Gasteiger partial charge in [0.25, 0.3) is 0 Å². The molecular weight excluding hydrogens is 350 g/mol. The lowest BCUT2D eigenvalue weighted by molar-refractivity contribution is -0.134. The van der Waals surface area contributed by atoms with Crippen molar-refractivity contribution in [3.05, 3.63) is 35.4 Å². The first-order chi connectivity index (χ1) is 13.7. The molecule has 1 aromatic rings. The van der Waals surface area contributed by atoms with Gasteiger partial charge >= 0.3 is 0 Å². The molecule has 28 heavy (non-hydrogen) atoms. The molecule has 1 amide bonds. The summed E-state index contributed by atoms with van der Waals surface area (Å²) in [5, 5.41) is 0. The summed E-state index contributed by atoms with van der Waals surface area (Å²) in [6.07, 6.45) is 10.9. The highest BCUT2D eigenvalue weighted by molar-refractivity contribution is 5.82. The van der Waals surface area contributed by atoms with Crippen molar-refractivity contribution >= 4 is 5.91 Å². The third-order valence-electron chi connectivity index (χ3n) is 6.78. The van der Waals surface area contributed by atoms with Gasteiger partial charge in [-0.05, 0) is 49.1 Å². The van der Waals surface area contributed by atoms with Crippen LogP contribution in [0.5, 0.6) is 0 Å². The Morgan fingerprint density at radius 1 is 1.18 bits per heavy atom. The second-order valence-corrected chi connectivity index (χ2v) is 8.48. The number of carbonyl (C=O) groups is 1. The van der Waals surface area contributed by atoms with Gasteiger partial charge in [0.2, 0.25) is 5.91 Å². The lowest BCUT2D eigenvalue weighted by Gasteiger charge is -2.37. The molecule has 3 aliphatic rings. The van der Waals surface area contributed by atoms with E-state index in [2.05, 4.69) is 23.0 Å². The Labute approximate surface area is 168 Å². The maximum atomic E-state index is 13.0. The Hall–Kier alpha value is -1.87. The number of ether oxygens (including phenoxy) is 1. The molecule has 0 radical (unpaired) electrons. The fraction of sp³-hybridized carbons (Fsp3) is 0.609. The zero-order valence-corrected chi connectivity index (χ0v) is 16.6. The van der Waals surface area contributed by atoms with Crippen LogP contribution in [0.25, 0.3) is 0 Å². The fourth-order valence-corrected chi connectivity index (χ4v) is 5.11. The minimum absolute atomic E-state index is 0.114. The number of nitrogens with two attached hydrogens (primary N) is 1. The van der Waals surface area contributed by atoms with E-state index < -0.39 is 0 Å². The molecule has 2 fully saturated rings. The molecule has 150 valence electrons. The molecule has 2 atom stereocenters. The standard InChI is InChI=1S/C23H31N3O2/c1-2-13-28-21-11-12-25(16-21)20-9-7-17(8-10-20)22(24)23(27)26-14-18-5-3-4-6-19(18)15-26/h1,3-6,17,20-22H,7-16,24H2/t17?,20?,21-,22-/m0/s1. The smallest absolute Gasteiger partial charge is 0.240 e. The number of hydrogen-bond donors (Lipinski definition) is 1. The van der Waals surface area contributed by atoms with Gasteiger partial charge in [-0.25, -0.2) is 0 Å². The Bertz CT molecular complexity index is 711. The Morgan fingerprint density at radius 2 is 1.86 bits per heavy atom. The molecule has 0 unspecified atom stereocenters. The van der Waals surface area contributed by atoms with Crippen molar-refractivity contribution in [2.75, 3.05) is 19.7 Å². The first-order valence-corrected chi connectivity index (χ1v) is 10.6. The molecule has 5 heteroatoms. The zero-order valence-electron chi connectivity index (χ0n) is 16.6. The highest BCUT2D eigenvalue weighted by Gasteiger charge is 2.36. The molecule has 1 saturated carbocycles. The summed E-state index contributed by atoms with van der Waals surface area (Å²) >= 11 is 0. The van der Waals surface area contributed by atoms with Gasteiger partial charge in [-0.2, -0.15) is 0 Å². The monoisotopic (exact) mass is 381 g/mol. The quantitative estimate of drug-likeness (QED) is 0.794. The van der Waals surface area contributed by atoms with Crippen molar-refractivity contribution in [2.24, 2.45) is 11.7 Å². The van der Waals surface area contributed by atoms with Crippen LogP contribution in [-0.4, -0.2) is 53.6 Å². The van der Waals surface area contributed by atoms with Crippen LogP contribution in [0, 0.1) is 18.3 Å². The van der Waals surface area contributed by atoms with Crippen LogP contribution < -0.4 is 5.73 Å². The van der Waals surface area contributed by atoms with Crippen molar-refractivity contribution in [1.29, 1.82) is 0 Å². The summed E-state index contributed by atoms with van der Waals surface area (Å²) in [7, 11) is 0. The molecule has 2 aliphatic heterocycles. The average Bonchev–Trinajstić information content (AvgIpc) is 3.38. The highest BCUT2D eigenvalue weighted by Crippen LogP contribution is 2.33. The predicted octanol–water partition coefficient (Wildman–Crippen LogP) is 2.14. The van der Waals surface area contributed by atoms with Crippen molar-refractivity contribution in [2.45, 2.75) is 63.4 Å². The normalized spacial score (nSPS) is 28.7. The van der Waals surface area contributed by atoms with Crippen LogP contribution in [-0.2, 0) is 22.6 Å². The molecule has 1 saturated heterocycles. The van der Waals surface area contributed by atoms with E-state index in [4.69, 9.17) is 16.9 Å². The number of fused-ring (bicyclic) bond motifs is 1. The zero-order chi connectivity index (χ0) is 19.5. The number of likely N-dealkylation sites (tertiary alicyclic amines) is 1. The fourth-order valence-electron chi connectivity index (χ4n) is 5.11.